The number of ether oxygens (including phenoxy) is 1. The zero-order valence-electron chi connectivity index (χ0n) is 16.7. The minimum absolute atomic E-state index is 0.0136. The Morgan fingerprint density at radius 3 is 2.77 bits per heavy atom. The summed E-state index contributed by atoms with van der Waals surface area (Å²) in [5.74, 6) is -1.18. The first kappa shape index (κ1) is 19.3. The van der Waals surface area contributed by atoms with Crippen molar-refractivity contribution in [2.45, 2.75) is 31.7 Å². The Morgan fingerprint density at radius 2 is 2.00 bits per heavy atom. The molecular formula is C24H23ClN2O3. The Balaban J connectivity index is 1.32. The van der Waals surface area contributed by atoms with Crippen molar-refractivity contribution in [3.8, 4) is 0 Å². The Bertz CT molecular complexity index is 1040. The van der Waals surface area contributed by atoms with E-state index in [9.17, 15) is 9.59 Å². The van der Waals surface area contributed by atoms with Crippen LogP contribution < -0.4 is 5.32 Å². The fraction of sp³-hybridized carbons (Fsp3) is 0.333. The number of nitrogens with zero attached hydrogens (tertiary/aromatic N) is 1. The molecule has 0 unspecified atom stereocenters. The van der Waals surface area contributed by atoms with Crippen LogP contribution in [0.5, 0.6) is 0 Å². The van der Waals surface area contributed by atoms with Gasteiger partial charge in [0.1, 0.15) is 5.60 Å². The Labute approximate surface area is 180 Å². The molecule has 154 valence electrons. The van der Waals surface area contributed by atoms with E-state index in [1.807, 2.05) is 66.4 Å². The first-order chi connectivity index (χ1) is 14.5. The fourth-order valence-corrected chi connectivity index (χ4v) is 5.07. The molecule has 0 aliphatic carbocycles. The van der Waals surface area contributed by atoms with Crippen LogP contribution >= 0.6 is 11.6 Å². The van der Waals surface area contributed by atoms with Gasteiger partial charge in [-0.05, 0) is 24.1 Å². The molecular weight excluding hydrogens is 400 g/mol. The molecule has 3 aliphatic rings. The van der Waals surface area contributed by atoms with E-state index in [1.165, 1.54) is 5.56 Å². The summed E-state index contributed by atoms with van der Waals surface area (Å²) in [7, 11) is 0. The van der Waals surface area contributed by atoms with E-state index in [0.717, 1.165) is 11.1 Å². The maximum Gasteiger partial charge on any atom is 0.230 e. The molecule has 2 amide bonds. The molecule has 3 heterocycles. The largest absolute Gasteiger partial charge is 0.360 e. The second-order valence-corrected chi connectivity index (χ2v) is 8.80. The van der Waals surface area contributed by atoms with Crippen molar-refractivity contribution < 1.29 is 14.3 Å². The van der Waals surface area contributed by atoms with Crippen LogP contribution in [0.25, 0.3) is 0 Å². The smallest absolute Gasteiger partial charge is 0.230 e. The van der Waals surface area contributed by atoms with Gasteiger partial charge in [0.05, 0.1) is 24.5 Å². The van der Waals surface area contributed by atoms with Crippen LogP contribution in [0.3, 0.4) is 0 Å². The molecule has 1 N–H and O–H groups in total. The normalized spacial score (nSPS) is 28.8. The molecule has 2 aromatic rings. The molecule has 3 aliphatic heterocycles. The highest BCUT2D eigenvalue weighted by Crippen LogP contribution is 2.52. The van der Waals surface area contributed by atoms with E-state index >= 15 is 0 Å². The minimum Gasteiger partial charge on any atom is -0.360 e. The lowest BCUT2D eigenvalue weighted by molar-refractivity contribution is -0.137. The molecule has 0 radical (unpaired) electrons. The number of benzene rings is 2. The summed E-state index contributed by atoms with van der Waals surface area (Å²) >= 11 is 6.20. The molecule has 5 rings (SSSR count). The van der Waals surface area contributed by atoms with Gasteiger partial charge in [0, 0.05) is 18.1 Å². The molecule has 0 saturated carbocycles. The van der Waals surface area contributed by atoms with Crippen molar-refractivity contribution in [3.63, 3.8) is 0 Å². The topological polar surface area (TPSA) is 58.6 Å². The number of likely N-dealkylation sites (tertiary alicyclic amines) is 1. The summed E-state index contributed by atoms with van der Waals surface area (Å²) in [6, 6.07) is 15.6. The first-order valence-corrected chi connectivity index (χ1v) is 10.6. The zero-order chi connectivity index (χ0) is 20.9. The number of fused-ring (bicyclic) bond motifs is 1. The van der Waals surface area contributed by atoms with Gasteiger partial charge in [-0.15, -0.1) is 0 Å². The standard InChI is InChI=1S/C24H23ClN2O3/c1-15-6-8-16(9-7-15)13-27-14-24-11-10-19(30-24)20(21(24)23(27)29)22(28)26-12-17-4-2-3-5-18(17)25/h2-11,19-21H,12-14H2,1H3,(H,26,28)/t19-,20+,21-,24-/m0/s1. The van der Waals surface area contributed by atoms with Crippen LogP contribution in [0.15, 0.2) is 60.7 Å². The van der Waals surface area contributed by atoms with Gasteiger partial charge in [-0.25, -0.2) is 0 Å². The molecule has 5 nitrogen and oxygen atoms in total. The van der Waals surface area contributed by atoms with Crippen molar-refractivity contribution in [3.05, 3.63) is 82.4 Å². The number of hydrogen-bond donors (Lipinski definition) is 1. The lowest BCUT2D eigenvalue weighted by Gasteiger charge is -2.23. The van der Waals surface area contributed by atoms with Crippen LogP contribution in [0.4, 0.5) is 0 Å². The summed E-state index contributed by atoms with van der Waals surface area (Å²) in [6.45, 7) is 3.36. The summed E-state index contributed by atoms with van der Waals surface area (Å²) in [4.78, 5) is 28.2. The van der Waals surface area contributed by atoms with Crippen LogP contribution in [0, 0.1) is 18.8 Å². The van der Waals surface area contributed by atoms with E-state index in [1.54, 1.807) is 6.07 Å². The molecule has 2 bridgehead atoms. The van der Waals surface area contributed by atoms with Gasteiger partial charge in [-0.2, -0.15) is 0 Å². The molecule has 2 saturated heterocycles. The molecule has 2 fully saturated rings. The van der Waals surface area contributed by atoms with Gasteiger partial charge in [0.25, 0.3) is 0 Å². The summed E-state index contributed by atoms with van der Waals surface area (Å²) in [5.41, 5.74) is 2.41. The highest BCUT2D eigenvalue weighted by atomic mass is 35.5. The van der Waals surface area contributed by atoms with E-state index < -0.39 is 17.4 Å². The maximum absolute atomic E-state index is 13.3. The van der Waals surface area contributed by atoms with E-state index in [2.05, 4.69) is 5.32 Å². The first-order valence-electron chi connectivity index (χ1n) is 10.2. The predicted octanol–water partition coefficient (Wildman–Crippen LogP) is 3.25. The van der Waals surface area contributed by atoms with Crippen LogP contribution in [-0.2, 0) is 27.4 Å². The van der Waals surface area contributed by atoms with E-state index in [4.69, 9.17) is 16.3 Å². The molecule has 4 atom stereocenters. The van der Waals surface area contributed by atoms with Crippen molar-refractivity contribution >= 4 is 23.4 Å². The monoisotopic (exact) mass is 422 g/mol. The lowest BCUT2D eigenvalue weighted by atomic mass is 9.77. The van der Waals surface area contributed by atoms with E-state index in [0.29, 0.717) is 24.7 Å². The predicted molar refractivity (Wildman–Crippen MR) is 114 cm³/mol. The van der Waals surface area contributed by atoms with Gasteiger partial charge in [-0.1, -0.05) is 71.8 Å². The van der Waals surface area contributed by atoms with Crippen molar-refractivity contribution in [2.24, 2.45) is 11.8 Å². The molecule has 6 heteroatoms. The average molecular weight is 423 g/mol. The number of hydrogen-bond acceptors (Lipinski definition) is 3. The van der Waals surface area contributed by atoms with Gasteiger partial charge < -0.3 is 15.0 Å². The van der Waals surface area contributed by atoms with Gasteiger partial charge in [0.15, 0.2) is 0 Å². The third-order valence-corrected chi connectivity index (χ3v) is 6.76. The second kappa shape index (κ2) is 7.25. The number of halogens is 1. The quantitative estimate of drug-likeness (QED) is 0.752. The van der Waals surface area contributed by atoms with Crippen molar-refractivity contribution in [2.75, 3.05) is 6.54 Å². The summed E-state index contributed by atoms with van der Waals surface area (Å²) < 4.78 is 6.19. The Hall–Kier alpha value is -2.63. The van der Waals surface area contributed by atoms with E-state index in [-0.39, 0.29) is 17.9 Å². The number of carbonyl (C=O) groups excluding carboxylic acids is 2. The average Bonchev–Trinajstić information content (AvgIpc) is 3.37. The number of carbonyl (C=O) groups is 2. The van der Waals surface area contributed by atoms with Gasteiger partial charge in [0.2, 0.25) is 11.8 Å². The highest BCUT2D eigenvalue weighted by Gasteiger charge is 2.66. The van der Waals surface area contributed by atoms with Gasteiger partial charge >= 0.3 is 0 Å². The molecule has 1 spiro atoms. The van der Waals surface area contributed by atoms with Crippen LogP contribution in [-0.4, -0.2) is 35.0 Å². The molecule has 0 aromatic heterocycles. The zero-order valence-corrected chi connectivity index (χ0v) is 17.4. The number of aryl methyl sites for hydroxylation is 1. The van der Waals surface area contributed by atoms with Gasteiger partial charge in [-0.3, -0.25) is 9.59 Å². The Kier molecular flexibility index (Phi) is 4.68. The van der Waals surface area contributed by atoms with Crippen molar-refractivity contribution in [1.82, 2.24) is 10.2 Å². The third-order valence-electron chi connectivity index (χ3n) is 6.39. The van der Waals surface area contributed by atoms with Crippen molar-refractivity contribution in [1.29, 1.82) is 0 Å². The third kappa shape index (κ3) is 3.13. The summed E-state index contributed by atoms with van der Waals surface area (Å²) in [5, 5.41) is 3.57. The maximum atomic E-state index is 13.3. The lowest BCUT2D eigenvalue weighted by Crippen LogP contribution is -2.43. The SMILES string of the molecule is Cc1ccc(CN2C[C@]34C=C[C@H](O3)[C@@H](C(=O)NCc3ccccc3Cl)[C@H]4C2=O)cc1. The Morgan fingerprint density at radius 1 is 1.23 bits per heavy atom. The minimum atomic E-state index is -0.696. The molecule has 30 heavy (non-hydrogen) atoms. The van der Waals surface area contributed by atoms with Crippen LogP contribution in [0.2, 0.25) is 5.02 Å². The second-order valence-electron chi connectivity index (χ2n) is 8.39. The summed E-state index contributed by atoms with van der Waals surface area (Å²) in [6.07, 6.45) is 3.55. The van der Waals surface area contributed by atoms with Crippen LogP contribution in [0.1, 0.15) is 16.7 Å². The number of rotatable bonds is 5. The number of amides is 2. The number of nitrogens with one attached hydrogen (secondary N) is 1. The molecule has 2 aromatic carbocycles. The fourth-order valence-electron chi connectivity index (χ4n) is 4.87. The highest BCUT2D eigenvalue weighted by molar-refractivity contribution is 6.31.